The van der Waals surface area contributed by atoms with Gasteiger partial charge in [-0.2, -0.15) is 0 Å². The molecule has 2 rings (SSSR count). The van der Waals surface area contributed by atoms with Gasteiger partial charge in [0.1, 0.15) is 0 Å². The van der Waals surface area contributed by atoms with Crippen LogP contribution in [-0.4, -0.2) is 35.0 Å². The topological polar surface area (TPSA) is 57.6 Å². The van der Waals surface area contributed by atoms with E-state index in [0.717, 1.165) is 19.3 Å². The Kier molecular flexibility index (Phi) is 4.48. The van der Waals surface area contributed by atoms with E-state index in [1.165, 1.54) is 19.3 Å². The lowest BCUT2D eigenvalue weighted by molar-refractivity contribution is -0.149. The lowest BCUT2D eigenvalue weighted by Crippen LogP contribution is -2.43. The van der Waals surface area contributed by atoms with Crippen LogP contribution in [0.15, 0.2) is 0 Å². The van der Waals surface area contributed by atoms with Crippen LogP contribution in [0.4, 0.5) is 0 Å². The maximum atomic E-state index is 12.6. The van der Waals surface area contributed by atoms with Crippen LogP contribution in [0.1, 0.15) is 51.9 Å². The molecule has 2 fully saturated rings. The molecule has 0 saturated heterocycles. The number of carboxylic acid groups (broad SMARTS) is 1. The molecule has 1 N–H and O–H groups in total. The number of carbonyl (C=O) groups excluding carboxylic acids is 1. The van der Waals surface area contributed by atoms with Crippen LogP contribution in [-0.2, 0) is 9.59 Å². The van der Waals surface area contributed by atoms with Crippen LogP contribution in [0.25, 0.3) is 0 Å². The fourth-order valence-corrected chi connectivity index (χ4v) is 3.75. The van der Waals surface area contributed by atoms with Crippen molar-refractivity contribution in [3.8, 4) is 0 Å². The van der Waals surface area contributed by atoms with Crippen LogP contribution < -0.4 is 0 Å². The lowest BCUT2D eigenvalue weighted by Gasteiger charge is -2.33. The summed E-state index contributed by atoms with van der Waals surface area (Å²) in [5, 5.41) is 9.27. The quantitative estimate of drug-likeness (QED) is 0.854. The van der Waals surface area contributed by atoms with E-state index >= 15 is 0 Å². The maximum absolute atomic E-state index is 12.6. The molecule has 19 heavy (non-hydrogen) atoms. The van der Waals surface area contributed by atoms with Gasteiger partial charge in [-0.1, -0.05) is 26.2 Å². The fourth-order valence-electron chi connectivity index (χ4n) is 3.75. The number of carbonyl (C=O) groups is 2. The van der Waals surface area contributed by atoms with Crippen molar-refractivity contribution in [3.05, 3.63) is 0 Å². The van der Waals surface area contributed by atoms with Gasteiger partial charge >= 0.3 is 5.97 Å². The number of nitrogens with zero attached hydrogens (tertiary/aromatic N) is 1. The minimum atomic E-state index is -0.806. The standard InChI is InChI=1S/C15H25NO3/c1-10-8-12(13(9-10)15(18)19)14(17)16(2)11-6-4-3-5-7-11/h10-13H,3-9H2,1-2H3,(H,18,19)/t10?,12-,13+/m0/s1. The Labute approximate surface area is 115 Å². The first-order chi connectivity index (χ1) is 9.00. The summed E-state index contributed by atoms with van der Waals surface area (Å²) in [7, 11) is 1.86. The normalized spacial score (nSPS) is 32.2. The maximum Gasteiger partial charge on any atom is 0.307 e. The van der Waals surface area contributed by atoms with Crippen LogP contribution in [0.2, 0.25) is 0 Å². The number of carboxylic acids is 1. The molecule has 0 heterocycles. The van der Waals surface area contributed by atoms with Crippen molar-refractivity contribution in [1.29, 1.82) is 0 Å². The second kappa shape index (κ2) is 5.93. The predicted molar refractivity (Wildman–Crippen MR) is 72.7 cm³/mol. The van der Waals surface area contributed by atoms with Gasteiger partial charge < -0.3 is 10.0 Å². The summed E-state index contributed by atoms with van der Waals surface area (Å²) >= 11 is 0. The van der Waals surface area contributed by atoms with Crippen LogP contribution >= 0.6 is 0 Å². The Morgan fingerprint density at radius 3 is 2.21 bits per heavy atom. The van der Waals surface area contributed by atoms with E-state index in [4.69, 9.17) is 0 Å². The van der Waals surface area contributed by atoms with Gasteiger partial charge in [0.15, 0.2) is 0 Å². The first-order valence-electron chi connectivity index (χ1n) is 7.50. The summed E-state index contributed by atoms with van der Waals surface area (Å²) in [6.45, 7) is 2.05. The molecular weight excluding hydrogens is 242 g/mol. The van der Waals surface area contributed by atoms with E-state index < -0.39 is 11.9 Å². The van der Waals surface area contributed by atoms with Crippen molar-refractivity contribution in [1.82, 2.24) is 4.90 Å². The van der Waals surface area contributed by atoms with Crippen LogP contribution in [0, 0.1) is 17.8 Å². The molecule has 3 atom stereocenters. The highest BCUT2D eigenvalue weighted by Crippen LogP contribution is 2.38. The van der Waals surface area contributed by atoms with Crippen molar-refractivity contribution in [3.63, 3.8) is 0 Å². The first kappa shape index (κ1) is 14.4. The second-order valence-electron chi connectivity index (χ2n) is 6.37. The third kappa shape index (κ3) is 3.10. The average Bonchev–Trinajstić information content (AvgIpc) is 2.80. The molecule has 4 nitrogen and oxygen atoms in total. The third-order valence-electron chi connectivity index (χ3n) is 4.90. The summed E-state index contributed by atoms with van der Waals surface area (Å²) < 4.78 is 0. The molecule has 1 unspecified atom stereocenters. The molecule has 1 amide bonds. The van der Waals surface area contributed by atoms with E-state index in [-0.39, 0.29) is 11.8 Å². The molecule has 2 saturated carbocycles. The highest BCUT2D eigenvalue weighted by molar-refractivity contribution is 5.85. The highest BCUT2D eigenvalue weighted by Gasteiger charge is 2.43. The van der Waals surface area contributed by atoms with E-state index in [9.17, 15) is 14.7 Å². The molecule has 0 aromatic carbocycles. The highest BCUT2D eigenvalue weighted by atomic mass is 16.4. The van der Waals surface area contributed by atoms with Gasteiger partial charge in [-0.3, -0.25) is 9.59 Å². The minimum Gasteiger partial charge on any atom is -0.481 e. The average molecular weight is 267 g/mol. The first-order valence-corrected chi connectivity index (χ1v) is 7.50. The summed E-state index contributed by atoms with van der Waals surface area (Å²) in [4.78, 5) is 25.7. The van der Waals surface area contributed by atoms with Crippen LogP contribution in [0.5, 0.6) is 0 Å². The fraction of sp³-hybridized carbons (Fsp3) is 0.867. The second-order valence-corrected chi connectivity index (χ2v) is 6.37. The van der Waals surface area contributed by atoms with Crippen molar-refractivity contribution in [2.45, 2.75) is 57.9 Å². The Morgan fingerprint density at radius 1 is 1.05 bits per heavy atom. The van der Waals surface area contributed by atoms with Gasteiger partial charge in [-0.25, -0.2) is 0 Å². The minimum absolute atomic E-state index is 0.0589. The molecule has 0 bridgehead atoms. The van der Waals surface area contributed by atoms with Gasteiger partial charge in [0.05, 0.1) is 11.8 Å². The number of hydrogen-bond acceptors (Lipinski definition) is 2. The molecule has 108 valence electrons. The zero-order chi connectivity index (χ0) is 14.0. The van der Waals surface area contributed by atoms with Gasteiger partial charge in [-0.15, -0.1) is 0 Å². The van der Waals surface area contributed by atoms with E-state index in [0.29, 0.717) is 18.4 Å². The van der Waals surface area contributed by atoms with Crippen molar-refractivity contribution < 1.29 is 14.7 Å². The number of amides is 1. The molecule has 0 spiro atoms. The molecule has 0 aromatic heterocycles. The van der Waals surface area contributed by atoms with E-state index in [1.807, 2.05) is 18.9 Å². The zero-order valence-electron chi connectivity index (χ0n) is 12.0. The number of aliphatic carboxylic acids is 1. The summed E-state index contributed by atoms with van der Waals surface area (Å²) in [5.41, 5.74) is 0. The third-order valence-corrected chi connectivity index (χ3v) is 4.90. The molecule has 0 radical (unpaired) electrons. The molecule has 0 aromatic rings. The van der Waals surface area contributed by atoms with E-state index in [2.05, 4.69) is 0 Å². The predicted octanol–water partition coefficient (Wildman–Crippen LogP) is 2.52. The van der Waals surface area contributed by atoms with Crippen molar-refractivity contribution in [2.24, 2.45) is 17.8 Å². The smallest absolute Gasteiger partial charge is 0.307 e. The van der Waals surface area contributed by atoms with Crippen LogP contribution in [0.3, 0.4) is 0 Å². The monoisotopic (exact) mass is 267 g/mol. The SMILES string of the molecule is CC1C[C@H](C(=O)N(C)C2CCCCC2)[C@H](C(=O)O)C1. The number of hydrogen-bond donors (Lipinski definition) is 1. The van der Waals surface area contributed by atoms with Gasteiger partial charge in [0.25, 0.3) is 0 Å². The molecule has 4 heteroatoms. The summed E-state index contributed by atoms with van der Waals surface area (Å²) in [6.07, 6.45) is 7.15. The van der Waals surface area contributed by atoms with Gasteiger partial charge in [0, 0.05) is 13.1 Å². The van der Waals surface area contributed by atoms with Gasteiger partial charge in [-0.05, 0) is 31.6 Å². The Balaban J connectivity index is 2.02. The zero-order valence-corrected chi connectivity index (χ0v) is 12.0. The Bertz CT molecular complexity index is 349. The lowest BCUT2D eigenvalue weighted by atomic mass is 9.91. The Morgan fingerprint density at radius 2 is 1.63 bits per heavy atom. The summed E-state index contributed by atoms with van der Waals surface area (Å²) in [6, 6.07) is 0.326. The molecule has 2 aliphatic rings. The van der Waals surface area contributed by atoms with Gasteiger partial charge in [0.2, 0.25) is 5.91 Å². The molecular formula is C15H25NO3. The Hall–Kier alpha value is -1.06. The van der Waals surface area contributed by atoms with Crippen molar-refractivity contribution >= 4 is 11.9 Å². The van der Waals surface area contributed by atoms with E-state index in [1.54, 1.807) is 0 Å². The summed E-state index contributed by atoms with van der Waals surface area (Å²) in [5.74, 6) is -1.19. The van der Waals surface area contributed by atoms with Crippen molar-refractivity contribution in [2.75, 3.05) is 7.05 Å². The molecule has 2 aliphatic carbocycles. The number of rotatable bonds is 3. The largest absolute Gasteiger partial charge is 0.481 e. The molecule has 0 aliphatic heterocycles.